The molecule has 3 rings (SSSR count). The first-order valence-electron chi connectivity index (χ1n) is 8.41. The summed E-state index contributed by atoms with van der Waals surface area (Å²) in [5.41, 5.74) is 3.52. The van der Waals surface area contributed by atoms with Gasteiger partial charge >= 0.3 is 0 Å². The Bertz CT molecular complexity index is 866. The van der Waals surface area contributed by atoms with Gasteiger partial charge in [0.2, 0.25) is 11.8 Å². The molecular formula is C20H21BrN2O3. The van der Waals surface area contributed by atoms with Crippen molar-refractivity contribution in [2.24, 2.45) is 5.92 Å². The second-order valence-electron chi connectivity index (χ2n) is 6.53. The van der Waals surface area contributed by atoms with E-state index < -0.39 is 5.92 Å². The minimum atomic E-state index is -0.392. The summed E-state index contributed by atoms with van der Waals surface area (Å²) in [6.45, 7) is 4.27. The number of nitrogens with zero attached hydrogens (tertiary/aromatic N) is 1. The van der Waals surface area contributed by atoms with Crippen LogP contribution in [0.4, 0.5) is 11.4 Å². The third-order valence-electron chi connectivity index (χ3n) is 4.55. The van der Waals surface area contributed by atoms with Gasteiger partial charge in [-0.2, -0.15) is 0 Å². The molecule has 2 aromatic carbocycles. The van der Waals surface area contributed by atoms with E-state index in [1.165, 1.54) is 0 Å². The van der Waals surface area contributed by atoms with Gasteiger partial charge in [0.1, 0.15) is 5.75 Å². The Balaban J connectivity index is 1.76. The standard InChI is InChI=1S/C20H21BrN2O3/c1-12-4-7-18(26-3)17(8-12)23-11-14(10-19(23)24)20(25)22-15-5-6-16(21)13(2)9-15/h4-9,14H,10-11H2,1-3H3,(H,22,25). The van der Waals surface area contributed by atoms with Crippen molar-refractivity contribution in [3.05, 3.63) is 52.0 Å². The average Bonchev–Trinajstić information content (AvgIpc) is 3.00. The molecule has 1 aliphatic heterocycles. The lowest BCUT2D eigenvalue weighted by Crippen LogP contribution is -2.28. The molecule has 6 heteroatoms. The van der Waals surface area contributed by atoms with Crippen LogP contribution < -0.4 is 15.0 Å². The molecule has 1 unspecified atom stereocenters. The molecule has 136 valence electrons. The summed E-state index contributed by atoms with van der Waals surface area (Å²) in [5.74, 6) is 0.0282. The normalized spacial score (nSPS) is 16.7. The Morgan fingerprint density at radius 1 is 1.23 bits per heavy atom. The summed E-state index contributed by atoms with van der Waals surface area (Å²) in [7, 11) is 1.58. The second kappa shape index (κ2) is 7.50. The highest BCUT2D eigenvalue weighted by Gasteiger charge is 2.36. The highest BCUT2D eigenvalue weighted by molar-refractivity contribution is 9.10. The summed E-state index contributed by atoms with van der Waals surface area (Å²) in [6, 6.07) is 11.3. The lowest BCUT2D eigenvalue weighted by atomic mass is 10.1. The van der Waals surface area contributed by atoms with E-state index in [2.05, 4.69) is 21.2 Å². The third-order valence-corrected chi connectivity index (χ3v) is 5.44. The van der Waals surface area contributed by atoms with Crippen LogP contribution in [0.5, 0.6) is 5.75 Å². The molecule has 1 heterocycles. The van der Waals surface area contributed by atoms with Crippen molar-refractivity contribution >= 4 is 39.1 Å². The summed E-state index contributed by atoms with van der Waals surface area (Å²) < 4.78 is 6.37. The molecule has 0 bridgehead atoms. The minimum absolute atomic E-state index is 0.0685. The third kappa shape index (κ3) is 3.75. The highest BCUT2D eigenvalue weighted by atomic mass is 79.9. The fourth-order valence-electron chi connectivity index (χ4n) is 3.09. The molecule has 0 radical (unpaired) electrons. The molecule has 1 aliphatic rings. The van der Waals surface area contributed by atoms with E-state index in [-0.39, 0.29) is 18.2 Å². The summed E-state index contributed by atoms with van der Waals surface area (Å²) in [4.78, 5) is 26.8. The fourth-order valence-corrected chi connectivity index (χ4v) is 3.34. The lowest BCUT2D eigenvalue weighted by molar-refractivity contribution is -0.122. The Morgan fingerprint density at radius 2 is 2.00 bits per heavy atom. The molecule has 2 amide bonds. The maximum Gasteiger partial charge on any atom is 0.229 e. The number of ether oxygens (including phenoxy) is 1. The number of anilines is 2. The average molecular weight is 417 g/mol. The predicted octanol–water partition coefficient (Wildman–Crippen LogP) is 4.07. The van der Waals surface area contributed by atoms with Gasteiger partial charge in [0.15, 0.2) is 0 Å². The van der Waals surface area contributed by atoms with Gasteiger partial charge in [0.05, 0.1) is 18.7 Å². The number of hydrogen-bond donors (Lipinski definition) is 1. The SMILES string of the molecule is COc1ccc(C)cc1N1CC(C(=O)Nc2ccc(Br)c(C)c2)CC1=O. The number of rotatable bonds is 4. The van der Waals surface area contributed by atoms with E-state index >= 15 is 0 Å². The molecule has 0 saturated carbocycles. The number of carbonyl (C=O) groups is 2. The van der Waals surface area contributed by atoms with E-state index in [0.717, 1.165) is 21.3 Å². The quantitative estimate of drug-likeness (QED) is 0.816. The van der Waals surface area contributed by atoms with Gasteiger partial charge in [0.25, 0.3) is 0 Å². The zero-order valence-electron chi connectivity index (χ0n) is 15.0. The van der Waals surface area contributed by atoms with Gasteiger partial charge in [0, 0.05) is 23.1 Å². The van der Waals surface area contributed by atoms with Crippen molar-refractivity contribution in [3.8, 4) is 5.75 Å². The number of aryl methyl sites for hydroxylation is 2. The van der Waals surface area contributed by atoms with E-state index in [9.17, 15) is 9.59 Å². The molecule has 26 heavy (non-hydrogen) atoms. The van der Waals surface area contributed by atoms with Gasteiger partial charge in [-0.25, -0.2) is 0 Å². The van der Waals surface area contributed by atoms with Crippen LogP contribution in [0.1, 0.15) is 17.5 Å². The molecular weight excluding hydrogens is 396 g/mol. The summed E-state index contributed by atoms with van der Waals surface area (Å²) in [6.07, 6.45) is 0.193. The monoisotopic (exact) mass is 416 g/mol. The molecule has 1 saturated heterocycles. The van der Waals surface area contributed by atoms with Crippen LogP contribution >= 0.6 is 15.9 Å². The molecule has 0 spiro atoms. The van der Waals surface area contributed by atoms with Crippen LogP contribution in [0.3, 0.4) is 0 Å². The number of halogens is 1. The first kappa shape index (κ1) is 18.5. The zero-order chi connectivity index (χ0) is 18.8. The number of nitrogens with one attached hydrogen (secondary N) is 1. The van der Waals surface area contributed by atoms with Crippen molar-refractivity contribution in [3.63, 3.8) is 0 Å². The number of carbonyl (C=O) groups excluding carboxylic acids is 2. The molecule has 1 N–H and O–H groups in total. The number of benzene rings is 2. The highest BCUT2D eigenvalue weighted by Crippen LogP contribution is 2.34. The maximum absolute atomic E-state index is 12.6. The van der Waals surface area contributed by atoms with Crippen molar-refractivity contribution in [2.45, 2.75) is 20.3 Å². The Hall–Kier alpha value is -2.34. The lowest BCUT2D eigenvalue weighted by Gasteiger charge is -2.20. The van der Waals surface area contributed by atoms with E-state index in [4.69, 9.17) is 4.74 Å². The second-order valence-corrected chi connectivity index (χ2v) is 7.39. The predicted molar refractivity (Wildman–Crippen MR) is 106 cm³/mol. The number of amides is 2. The van der Waals surface area contributed by atoms with E-state index in [1.54, 1.807) is 12.0 Å². The molecule has 0 aliphatic carbocycles. The van der Waals surface area contributed by atoms with E-state index in [1.807, 2.05) is 50.2 Å². The Labute approximate surface area is 161 Å². The first-order chi connectivity index (χ1) is 12.4. The fraction of sp³-hybridized carbons (Fsp3) is 0.300. The van der Waals surface area contributed by atoms with Gasteiger partial charge < -0.3 is 15.0 Å². The van der Waals surface area contributed by atoms with Crippen LogP contribution in [0.15, 0.2) is 40.9 Å². The van der Waals surface area contributed by atoms with Gasteiger partial charge in [-0.3, -0.25) is 9.59 Å². The van der Waals surface area contributed by atoms with Crippen molar-refractivity contribution in [1.29, 1.82) is 0 Å². The first-order valence-corrected chi connectivity index (χ1v) is 9.20. The Morgan fingerprint density at radius 3 is 2.69 bits per heavy atom. The van der Waals surface area contributed by atoms with Crippen molar-refractivity contribution < 1.29 is 14.3 Å². The maximum atomic E-state index is 12.6. The molecule has 2 aromatic rings. The van der Waals surface area contributed by atoms with Crippen molar-refractivity contribution in [1.82, 2.24) is 0 Å². The molecule has 1 atom stereocenters. The summed E-state index contributed by atoms with van der Waals surface area (Å²) in [5, 5.41) is 2.91. The van der Waals surface area contributed by atoms with Crippen molar-refractivity contribution in [2.75, 3.05) is 23.9 Å². The van der Waals surface area contributed by atoms with Crippen LogP contribution in [-0.2, 0) is 9.59 Å². The molecule has 5 nitrogen and oxygen atoms in total. The minimum Gasteiger partial charge on any atom is -0.495 e. The van der Waals surface area contributed by atoms with Gasteiger partial charge in [-0.15, -0.1) is 0 Å². The topological polar surface area (TPSA) is 58.6 Å². The largest absolute Gasteiger partial charge is 0.495 e. The summed E-state index contributed by atoms with van der Waals surface area (Å²) >= 11 is 3.45. The smallest absolute Gasteiger partial charge is 0.229 e. The zero-order valence-corrected chi connectivity index (χ0v) is 16.6. The van der Waals surface area contributed by atoms with Gasteiger partial charge in [-0.05, 0) is 55.3 Å². The van der Waals surface area contributed by atoms with E-state index in [0.29, 0.717) is 18.0 Å². The Kier molecular flexibility index (Phi) is 5.32. The van der Waals surface area contributed by atoms with Gasteiger partial charge in [-0.1, -0.05) is 22.0 Å². The van der Waals surface area contributed by atoms with Crippen LogP contribution in [0.2, 0.25) is 0 Å². The van der Waals surface area contributed by atoms with Crippen LogP contribution in [-0.4, -0.2) is 25.5 Å². The number of hydrogen-bond acceptors (Lipinski definition) is 3. The van der Waals surface area contributed by atoms with Crippen LogP contribution in [0.25, 0.3) is 0 Å². The number of methoxy groups -OCH3 is 1. The molecule has 0 aromatic heterocycles. The molecule has 1 fully saturated rings. The van der Waals surface area contributed by atoms with Crippen LogP contribution in [0, 0.1) is 19.8 Å².